The van der Waals surface area contributed by atoms with Gasteiger partial charge in [0.05, 0.1) is 27.0 Å². The Morgan fingerprint density at radius 3 is 2.55 bits per heavy atom. The van der Waals surface area contributed by atoms with Crippen LogP contribution in [0.5, 0.6) is 5.75 Å². The van der Waals surface area contributed by atoms with Gasteiger partial charge in [-0.1, -0.05) is 5.92 Å². The Morgan fingerprint density at radius 1 is 1.36 bits per heavy atom. The molecule has 2 amide bonds. The second kappa shape index (κ2) is 7.36. The number of benzene rings is 1. The zero-order valence-electron chi connectivity index (χ0n) is 11.6. The summed E-state index contributed by atoms with van der Waals surface area (Å²) in [6.07, 6.45) is 6.82. The van der Waals surface area contributed by atoms with E-state index in [-0.39, 0.29) is 17.7 Å². The van der Waals surface area contributed by atoms with Crippen LogP contribution in [0.2, 0.25) is 0 Å². The van der Waals surface area contributed by atoms with Crippen molar-refractivity contribution in [2.75, 3.05) is 13.2 Å². The second-order valence-corrected chi connectivity index (χ2v) is 6.92. The molecule has 0 atom stereocenters. The van der Waals surface area contributed by atoms with Gasteiger partial charge in [-0.15, -0.1) is 6.42 Å². The fraction of sp³-hybridized carbons (Fsp3) is 0.200. The van der Waals surface area contributed by atoms with Crippen LogP contribution in [0, 0.1) is 12.3 Å². The number of nitrogens with zero attached hydrogens (tertiary/aromatic N) is 1. The number of carbonyl (C=O) groups is 2. The summed E-state index contributed by atoms with van der Waals surface area (Å²) in [6, 6.07) is 3.65. The summed E-state index contributed by atoms with van der Waals surface area (Å²) in [5.74, 6) is 2.63. The summed E-state index contributed by atoms with van der Waals surface area (Å²) in [4.78, 5) is 25.3. The average Bonchev–Trinajstić information content (AvgIpc) is 2.71. The maximum atomic E-state index is 12.1. The number of imide groups is 1. The fourth-order valence-electron chi connectivity index (χ4n) is 1.82. The third-order valence-corrected chi connectivity index (χ3v) is 4.82. The average molecular weight is 445 g/mol. The van der Waals surface area contributed by atoms with E-state index in [0.717, 1.165) is 31.2 Å². The Morgan fingerprint density at radius 2 is 2.00 bits per heavy atom. The fourth-order valence-corrected chi connectivity index (χ4v) is 4.11. The third-order valence-electron chi connectivity index (χ3n) is 2.73. The van der Waals surface area contributed by atoms with Gasteiger partial charge in [0.2, 0.25) is 0 Å². The summed E-state index contributed by atoms with van der Waals surface area (Å²) < 4.78 is 7.03. The molecule has 1 heterocycles. The van der Waals surface area contributed by atoms with E-state index < -0.39 is 0 Å². The summed E-state index contributed by atoms with van der Waals surface area (Å²) >= 11 is 7.75. The van der Waals surface area contributed by atoms with Crippen molar-refractivity contribution in [3.05, 3.63) is 31.5 Å². The number of rotatable bonds is 4. The van der Waals surface area contributed by atoms with Crippen molar-refractivity contribution in [2.24, 2.45) is 0 Å². The first kappa shape index (κ1) is 17.1. The minimum absolute atomic E-state index is 0.0152. The van der Waals surface area contributed by atoms with Crippen molar-refractivity contribution in [1.29, 1.82) is 0 Å². The van der Waals surface area contributed by atoms with Crippen LogP contribution in [0.15, 0.2) is 26.0 Å². The third kappa shape index (κ3) is 3.57. The van der Waals surface area contributed by atoms with E-state index in [2.05, 4.69) is 37.8 Å². The van der Waals surface area contributed by atoms with Crippen LogP contribution in [0.25, 0.3) is 6.08 Å². The predicted octanol–water partition coefficient (Wildman–Crippen LogP) is 4.28. The van der Waals surface area contributed by atoms with Crippen molar-refractivity contribution in [3.8, 4) is 18.1 Å². The zero-order valence-corrected chi connectivity index (χ0v) is 15.5. The maximum absolute atomic E-state index is 12.1. The molecule has 1 aliphatic rings. The highest BCUT2D eigenvalue weighted by atomic mass is 79.9. The Labute approximate surface area is 149 Å². The van der Waals surface area contributed by atoms with Gasteiger partial charge in [-0.3, -0.25) is 14.5 Å². The minimum atomic E-state index is -0.367. The van der Waals surface area contributed by atoms with Crippen LogP contribution in [0.1, 0.15) is 12.5 Å². The van der Waals surface area contributed by atoms with Gasteiger partial charge < -0.3 is 4.74 Å². The van der Waals surface area contributed by atoms with E-state index in [0.29, 0.717) is 17.3 Å². The molecule has 0 aromatic heterocycles. The maximum Gasteiger partial charge on any atom is 0.294 e. The molecule has 0 spiro atoms. The Hall–Kier alpha value is -1.23. The molecular formula is C15H11Br2NO3S. The molecule has 0 N–H and O–H groups in total. The molecular weight excluding hydrogens is 434 g/mol. The van der Waals surface area contributed by atoms with Gasteiger partial charge in [-0.2, -0.15) is 0 Å². The molecule has 7 heteroatoms. The van der Waals surface area contributed by atoms with E-state index in [4.69, 9.17) is 11.2 Å². The van der Waals surface area contributed by atoms with E-state index in [1.807, 2.05) is 19.1 Å². The lowest BCUT2D eigenvalue weighted by molar-refractivity contribution is -0.122. The van der Waals surface area contributed by atoms with Gasteiger partial charge in [0.25, 0.3) is 11.1 Å². The Bertz CT molecular complexity index is 686. The molecule has 0 bridgehead atoms. The topological polar surface area (TPSA) is 46.6 Å². The largest absolute Gasteiger partial charge is 0.492 e. The number of halogens is 2. The lowest BCUT2D eigenvalue weighted by Gasteiger charge is -2.09. The van der Waals surface area contributed by atoms with Gasteiger partial charge in [-0.05, 0) is 74.3 Å². The molecule has 0 unspecified atom stereocenters. The molecule has 2 rings (SSSR count). The Balaban J connectivity index is 2.33. The van der Waals surface area contributed by atoms with Gasteiger partial charge in [0.1, 0.15) is 5.75 Å². The van der Waals surface area contributed by atoms with E-state index >= 15 is 0 Å². The number of thioether (sulfide) groups is 1. The lowest BCUT2D eigenvalue weighted by atomic mass is 10.2. The van der Waals surface area contributed by atoms with Crippen LogP contribution in [-0.2, 0) is 4.79 Å². The molecule has 1 aromatic rings. The first-order valence-corrected chi connectivity index (χ1v) is 8.68. The van der Waals surface area contributed by atoms with Gasteiger partial charge in [-0.25, -0.2) is 0 Å². The molecule has 114 valence electrons. The van der Waals surface area contributed by atoms with E-state index in [9.17, 15) is 9.59 Å². The second-order valence-electron chi connectivity index (χ2n) is 4.22. The van der Waals surface area contributed by atoms with Crippen molar-refractivity contribution < 1.29 is 14.3 Å². The van der Waals surface area contributed by atoms with Crippen LogP contribution < -0.4 is 4.74 Å². The number of terminal acetylenes is 1. The first-order valence-electron chi connectivity index (χ1n) is 6.28. The van der Waals surface area contributed by atoms with Crippen molar-refractivity contribution >= 4 is 60.8 Å². The molecule has 1 saturated heterocycles. The molecule has 1 aromatic carbocycles. The van der Waals surface area contributed by atoms with Crippen LogP contribution >= 0.6 is 43.6 Å². The van der Waals surface area contributed by atoms with Crippen molar-refractivity contribution in [1.82, 2.24) is 4.90 Å². The SMILES string of the molecule is C#CCN1C(=O)SC(=Cc2cc(Br)c(OCC)c(Br)c2)C1=O. The van der Waals surface area contributed by atoms with Crippen LogP contribution in [-0.4, -0.2) is 29.2 Å². The number of hydrogen-bond donors (Lipinski definition) is 0. The lowest BCUT2D eigenvalue weighted by Crippen LogP contribution is -2.28. The van der Waals surface area contributed by atoms with E-state index in [1.165, 1.54) is 0 Å². The summed E-state index contributed by atoms with van der Waals surface area (Å²) in [7, 11) is 0. The quantitative estimate of drug-likeness (QED) is 0.513. The van der Waals surface area contributed by atoms with Crippen LogP contribution in [0.4, 0.5) is 4.79 Å². The summed E-state index contributed by atoms with van der Waals surface area (Å²) in [6.45, 7) is 2.43. The minimum Gasteiger partial charge on any atom is -0.492 e. The molecule has 1 aliphatic heterocycles. The highest BCUT2D eigenvalue weighted by molar-refractivity contribution is 9.11. The highest BCUT2D eigenvalue weighted by Crippen LogP contribution is 2.37. The van der Waals surface area contributed by atoms with Gasteiger partial charge in [0, 0.05) is 0 Å². The number of ether oxygens (including phenoxy) is 1. The van der Waals surface area contributed by atoms with Gasteiger partial charge in [0.15, 0.2) is 0 Å². The van der Waals surface area contributed by atoms with Crippen LogP contribution in [0.3, 0.4) is 0 Å². The Kier molecular flexibility index (Phi) is 5.73. The zero-order chi connectivity index (χ0) is 16.3. The van der Waals surface area contributed by atoms with E-state index in [1.54, 1.807) is 6.08 Å². The monoisotopic (exact) mass is 443 g/mol. The summed E-state index contributed by atoms with van der Waals surface area (Å²) in [5.41, 5.74) is 0.772. The number of amides is 2. The molecule has 4 nitrogen and oxygen atoms in total. The highest BCUT2D eigenvalue weighted by Gasteiger charge is 2.34. The number of hydrogen-bond acceptors (Lipinski definition) is 4. The molecule has 0 saturated carbocycles. The molecule has 22 heavy (non-hydrogen) atoms. The first-order chi connectivity index (χ1) is 10.5. The molecule has 0 aliphatic carbocycles. The standard InChI is InChI=1S/C15H11Br2NO3S/c1-3-5-18-14(19)12(22-15(18)20)8-9-6-10(16)13(21-4-2)11(17)7-9/h1,6-8H,4-5H2,2H3. The summed E-state index contributed by atoms with van der Waals surface area (Å²) in [5, 5.41) is -0.349. The van der Waals surface area contributed by atoms with Gasteiger partial charge >= 0.3 is 0 Å². The number of carbonyl (C=O) groups excluding carboxylic acids is 2. The van der Waals surface area contributed by atoms with Crippen molar-refractivity contribution in [2.45, 2.75) is 6.92 Å². The predicted molar refractivity (Wildman–Crippen MR) is 94.5 cm³/mol. The normalized spacial score (nSPS) is 16.3. The molecule has 0 radical (unpaired) electrons. The smallest absolute Gasteiger partial charge is 0.294 e. The molecule has 1 fully saturated rings. The van der Waals surface area contributed by atoms with Crippen molar-refractivity contribution in [3.63, 3.8) is 0 Å².